The molecule has 2 aromatic rings. The summed E-state index contributed by atoms with van der Waals surface area (Å²) in [6.45, 7) is 1.80. The molecule has 2 rings (SSSR count). The van der Waals surface area contributed by atoms with Crippen molar-refractivity contribution >= 4 is 39.8 Å². The minimum absolute atomic E-state index is 0.403. The van der Waals surface area contributed by atoms with Gasteiger partial charge in [-0.05, 0) is 31.2 Å². The van der Waals surface area contributed by atoms with Crippen molar-refractivity contribution in [2.75, 3.05) is 0 Å². The molecule has 0 fully saturated rings. The van der Waals surface area contributed by atoms with Crippen LogP contribution in [0.25, 0.3) is 5.69 Å². The molecule has 1 heterocycles. The Bertz CT molecular complexity index is 665. The number of nitrogens with zero attached hydrogens (tertiary/aromatic N) is 3. The van der Waals surface area contributed by atoms with Gasteiger partial charge in [-0.25, -0.2) is 14.9 Å². The molecule has 0 aliphatic heterocycles. The summed E-state index contributed by atoms with van der Waals surface area (Å²) in [7, 11) is 0. The van der Waals surface area contributed by atoms with Crippen molar-refractivity contribution in [2.24, 2.45) is 10.8 Å². The first kappa shape index (κ1) is 14.5. The number of urea groups is 1. The van der Waals surface area contributed by atoms with Crippen molar-refractivity contribution in [3.05, 3.63) is 45.1 Å². The second-order valence-electron chi connectivity index (χ2n) is 3.91. The molecule has 0 saturated heterocycles. The Morgan fingerprint density at radius 2 is 2.15 bits per heavy atom. The first-order valence-corrected chi connectivity index (χ1v) is 6.75. The van der Waals surface area contributed by atoms with Gasteiger partial charge in [-0.1, -0.05) is 27.5 Å². The van der Waals surface area contributed by atoms with E-state index < -0.39 is 6.03 Å². The number of aromatic nitrogens is 2. The van der Waals surface area contributed by atoms with Gasteiger partial charge in [0.2, 0.25) is 0 Å². The van der Waals surface area contributed by atoms with Gasteiger partial charge in [0.1, 0.15) is 5.15 Å². The van der Waals surface area contributed by atoms with E-state index in [1.807, 2.05) is 24.3 Å². The van der Waals surface area contributed by atoms with E-state index in [0.717, 1.165) is 10.2 Å². The maximum absolute atomic E-state index is 10.6. The summed E-state index contributed by atoms with van der Waals surface area (Å²) in [6, 6.07) is 6.81. The summed E-state index contributed by atoms with van der Waals surface area (Å²) < 4.78 is 2.56. The molecule has 0 spiro atoms. The normalized spacial score (nSPS) is 10.9. The van der Waals surface area contributed by atoms with Crippen LogP contribution < -0.4 is 11.2 Å². The average molecular weight is 357 g/mol. The smallest absolute Gasteiger partial charge is 0.332 e. The fourth-order valence-corrected chi connectivity index (χ4v) is 2.16. The third kappa shape index (κ3) is 3.17. The molecular weight excluding hydrogens is 346 g/mol. The van der Waals surface area contributed by atoms with Gasteiger partial charge in [-0.15, -0.1) is 0 Å². The van der Waals surface area contributed by atoms with E-state index in [9.17, 15) is 4.79 Å². The molecule has 0 aliphatic carbocycles. The van der Waals surface area contributed by atoms with E-state index in [4.69, 9.17) is 17.3 Å². The molecule has 0 bridgehead atoms. The lowest BCUT2D eigenvalue weighted by Crippen LogP contribution is -2.24. The number of nitrogens with one attached hydrogen (secondary N) is 1. The lowest BCUT2D eigenvalue weighted by molar-refractivity contribution is 0.249. The van der Waals surface area contributed by atoms with E-state index in [1.165, 1.54) is 6.21 Å². The SMILES string of the molecule is Cc1nn(-c2ccc(Br)cc2)c(Cl)c1/C=N/NC(N)=O. The minimum Gasteiger partial charge on any atom is -0.350 e. The van der Waals surface area contributed by atoms with E-state index >= 15 is 0 Å². The third-order valence-electron chi connectivity index (χ3n) is 2.49. The van der Waals surface area contributed by atoms with Crippen LogP contribution in [0.1, 0.15) is 11.3 Å². The number of halogens is 2. The van der Waals surface area contributed by atoms with Gasteiger partial charge >= 0.3 is 6.03 Å². The number of carbonyl (C=O) groups excluding carboxylic acids is 1. The Morgan fingerprint density at radius 3 is 2.75 bits per heavy atom. The number of carbonyl (C=O) groups is 1. The summed E-state index contributed by atoms with van der Waals surface area (Å²) in [6.07, 6.45) is 1.41. The van der Waals surface area contributed by atoms with Gasteiger partial charge in [-0.3, -0.25) is 0 Å². The molecule has 0 saturated carbocycles. The van der Waals surface area contributed by atoms with Crippen LogP contribution in [0.4, 0.5) is 4.79 Å². The fraction of sp³-hybridized carbons (Fsp3) is 0.0833. The zero-order valence-corrected chi connectivity index (χ0v) is 12.8. The Kier molecular flexibility index (Phi) is 4.41. The summed E-state index contributed by atoms with van der Waals surface area (Å²) in [5, 5.41) is 8.43. The zero-order chi connectivity index (χ0) is 14.7. The maximum Gasteiger partial charge on any atom is 0.332 e. The van der Waals surface area contributed by atoms with Crippen molar-refractivity contribution in [3.8, 4) is 5.69 Å². The Morgan fingerprint density at radius 1 is 1.50 bits per heavy atom. The van der Waals surface area contributed by atoms with Gasteiger partial charge in [0, 0.05) is 4.47 Å². The monoisotopic (exact) mass is 355 g/mol. The number of primary amides is 1. The maximum atomic E-state index is 10.6. The summed E-state index contributed by atoms with van der Waals surface area (Å²) in [4.78, 5) is 10.6. The molecule has 104 valence electrons. The first-order chi connectivity index (χ1) is 9.49. The molecule has 20 heavy (non-hydrogen) atoms. The van der Waals surface area contributed by atoms with Crippen LogP contribution in [-0.4, -0.2) is 22.0 Å². The Hall–Kier alpha value is -1.86. The van der Waals surface area contributed by atoms with Crippen LogP contribution in [0, 0.1) is 6.92 Å². The summed E-state index contributed by atoms with van der Waals surface area (Å²) in [5.74, 6) is 0. The highest BCUT2D eigenvalue weighted by atomic mass is 79.9. The Balaban J connectivity index is 2.35. The predicted molar refractivity (Wildman–Crippen MR) is 81.3 cm³/mol. The second-order valence-corrected chi connectivity index (χ2v) is 5.19. The zero-order valence-electron chi connectivity index (χ0n) is 10.5. The highest BCUT2D eigenvalue weighted by Gasteiger charge is 2.13. The van der Waals surface area contributed by atoms with E-state index in [0.29, 0.717) is 16.4 Å². The molecule has 0 aliphatic rings. The molecule has 0 radical (unpaired) electrons. The minimum atomic E-state index is -0.740. The fourth-order valence-electron chi connectivity index (χ4n) is 1.57. The molecule has 1 aromatic carbocycles. The van der Waals surface area contributed by atoms with E-state index in [1.54, 1.807) is 11.6 Å². The molecule has 1 aromatic heterocycles. The van der Waals surface area contributed by atoms with Crippen LogP contribution in [0.15, 0.2) is 33.8 Å². The number of hydrogen-bond donors (Lipinski definition) is 2. The van der Waals surface area contributed by atoms with Crippen molar-refractivity contribution in [1.82, 2.24) is 15.2 Å². The van der Waals surface area contributed by atoms with Crippen molar-refractivity contribution < 1.29 is 4.79 Å². The molecule has 0 atom stereocenters. The highest BCUT2D eigenvalue weighted by molar-refractivity contribution is 9.10. The molecule has 0 unspecified atom stereocenters. The summed E-state index contributed by atoms with van der Waals surface area (Å²) >= 11 is 9.64. The number of rotatable bonds is 3. The van der Waals surface area contributed by atoms with Gasteiger partial charge in [0.25, 0.3) is 0 Å². The number of aryl methyl sites for hydroxylation is 1. The van der Waals surface area contributed by atoms with Crippen LogP contribution in [0.5, 0.6) is 0 Å². The second kappa shape index (κ2) is 6.06. The van der Waals surface area contributed by atoms with Gasteiger partial charge in [0.15, 0.2) is 0 Å². The lowest BCUT2D eigenvalue weighted by atomic mass is 10.3. The average Bonchev–Trinajstić information content (AvgIpc) is 2.67. The van der Waals surface area contributed by atoms with Crippen LogP contribution in [0.3, 0.4) is 0 Å². The number of benzene rings is 1. The lowest BCUT2D eigenvalue weighted by Gasteiger charge is -2.02. The van der Waals surface area contributed by atoms with Crippen LogP contribution >= 0.6 is 27.5 Å². The number of hydrogen-bond acceptors (Lipinski definition) is 3. The van der Waals surface area contributed by atoms with Crippen molar-refractivity contribution in [1.29, 1.82) is 0 Å². The standard InChI is InChI=1S/C12H11BrClN5O/c1-7-10(6-16-17-12(15)20)11(14)19(18-7)9-4-2-8(13)3-5-9/h2-6H,1H3,(H3,15,17,20)/b16-6+. The quantitative estimate of drug-likeness (QED) is 0.654. The topological polar surface area (TPSA) is 85.3 Å². The Labute approximate surface area is 128 Å². The van der Waals surface area contributed by atoms with Gasteiger partial charge in [0.05, 0.1) is 23.2 Å². The van der Waals surface area contributed by atoms with Gasteiger partial charge < -0.3 is 5.73 Å². The van der Waals surface area contributed by atoms with Crippen LogP contribution in [0.2, 0.25) is 5.15 Å². The summed E-state index contributed by atoms with van der Waals surface area (Å²) in [5.41, 5.74) is 9.16. The number of hydrazone groups is 1. The molecule has 2 amide bonds. The molecule has 8 heteroatoms. The molecule has 6 nitrogen and oxygen atoms in total. The molecule has 3 N–H and O–H groups in total. The molecular formula is C12H11BrClN5O. The number of nitrogens with two attached hydrogens (primary N) is 1. The highest BCUT2D eigenvalue weighted by Crippen LogP contribution is 2.23. The predicted octanol–water partition coefficient (Wildman–Crippen LogP) is 2.60. The first-order valence-electron chi connectivity index (χ1n) is 5.58. The largest absolute Gasteiger partial charge is 0.350 e. The van der Waals surface area contributed by atoms with E-state index in [2.05, 4.69) is 31.6 Å². The van der Waals surface area contributed by atoms with E-state index in [-0.39, 0.29) is 0 Å². The van der Waals surface area contributed by atoms with Crippen molar-refractivity contribution in [2.45, 2.75) is 6.92 Å². The third-order valence-corrected chi connectivity index (χ3v) is 3.38. The van der Waals surface area contributed by atoms with Crippen molar-refractivity contribution in [3.63, 3.8) is 0 Å². The number of amides is 2. The van der Waals surface area contributed by atoms with Crippen LogP contribution in [-0.2, 0) is 0 Å². The van der Waals surface area contributed by atoms with Gasteiger partial charge in [-0.2, -0.15) is 10.2 Å².